The summed E-state index contributed by atoms with van der Waals surface area (Å²) in [5.41, 5.74) is 0.463. The Morgan fingerprint density at radius 3 is 2.65 bits per heavy atom. The second kappa shape index (κ2) is 5.94. The SMILES string of the molecule is CC(NC1CSCCC1(C)C)C1CCOCC1. The number of hydrogen-bond donors (Lipinski definition) is 1. The van der Waals surface area contributed by atoms with Gasteiger partial charge in [0.05, 0.1) is 0 Å². The molecule has 0 spiro atoms. The lowest BCUT2D eigenvalue weighted by Crippen LogP contribution is -2.52. The largest absolute Gasteiger partial charge is 0.381 e. The van der Waals surface area contributed by atoms with Gasteiger partial charge in [-0.15, -0.1) is 0 Å². The van der Waals surface area contributed by atoms with Gasteiger partial charge >= 0.3 is 0 Å². The Balaban J connectivity index is 1.85. The van der Waals surface area contributed by atoms with E-state index in [1.54, 1.807) is 0 Å². The molecule has 0 radical (unpaired) electrons. The van der Waals surface area contributed by atoms with Crippen molar-refractivity contribution in [1.29, 1.82) is 0 Å². The molecule has 2 aliphatic rings. The molecular formula is C14H27NOS. The first-order valence-corrected chi connectivity index (χ1v) is 8.16. The van der Waals surface area contributed by atoms with Crippen LogP contribution in [0.2, 0.25) is 0 Å². The molecule has 2 aliphatic heterocycles. The summed E-state index contributed by atoms with van der Waals surface area (Å²) in [6.07, 6.45) is 3.80. The van der Waals surface area contributed by atoms with Crippen LogP contribution in [0.15, 0.2) is 0 Å². The highest BCUT2D eigenvalue weighted by atomic mass is 32.2. The lowest BCUT2D eigenvalue weighted by molar-refractivity contribution is 0.0516. The van der Waals surface area contributed by atoms with Crippen molar-refractivity contribution >= 4 is 11.8 Å². The van der Waals surface area contributed by atoms with Crippen LogP contribution >= 0.6 is 11.8 Å². The van der Waals surface area contributed by atoms with Gasteiger partial charge in [-0.25, -0.2) is 0 Å². The third-order valence-electron chi connectivity index (χ3n) is 4.56. The van der Waals surface area contributed by atoms with Crippen LogP contribution in [0.5, 0.6) is 0 Å². The highest BCUT2D eigenvalue weighted by Crippen LogP contribution is 2.35. The summed E-state index contributed by atoms with van der Waals surface area (Å²) < 4.78 is 5.45. The van der Waals surface area contributed by atoms with Crippen molar-refractivity contribution in [3.05, 3.63) is 0 Å². The van der Waals surface area contributed by atoms with Gasteiger partial charge in [0.2, 0.25) is 0 Å². The zero-order valence-corrected chi connectivity index (χ0v) is 12.3. The van der Waals surface area contributed by atoms with E-state index in [0.717, 1.165) is 19.1 Å². The van der Waals surface area contributed by atoms with Crippen molar-refractivity contribution in [2.75, 3.05) is 24.7 Å². The van der Waals surface area contributed by atoms with Crippen molar-refractivity contribution in [3.63, 3.8) is 0 Å². The van der Waals surface area contributed by atoms with Gasteiger partial charge < -0.3 is 10.1 Å². The van der Waals surface area contributed by atoms with Crippen LogP contribution in [0.25, 0.3) is 0 Å². The molecular weight excluding hydrogens is 230 g/mol. The van der Waals surface area contributed by atoms with E-state index in [2.05, 4.69) is 37.8 Å². The smallest absolute Gasteiger partial charge is 0.0469 e. The van der Waals surface area contributed by atoms with E-state index in [0.29, 0.717) is 17.5 Å². The van der Waals surface area contributed by atoms with Crippen LogP contribution in [-0.2, 0) is 4.74 Å². The molecule has 100 valence electrons. The molecule has 2 saturated heterocycles. The maximum atomic E-state index is 5.45. The molecule has 2 unspecified atom stereocenters. The Morgan fingerprint density at radius 1 is 1.29 bits per heavy atom. The van der Waals surface area contributed by atoms with Gasteiger partial charge in [-0.2, -0.15) is 11.8 Å². The lowest BCUT2D eigenvalue weighted by atomic mass is 9.81. The van der Waals surface area contributed by atoms with Crippen LogP contribution in [0.3, 0.4) is 0 Å². The van der Waals surface area contributed by atoms with Gasteiger partial charge in [-0.05, 0) is 43.3 Å². The minimum Gasteiger partial charge on any atom is -0.381 e. The summed E-state index contributed by atoms with van der Waals surface area (Å²) in [5.74, 6) is 3.42. The van der Waals surface area contributed by atoms with Gasteiger partial charge in [0, 0.05) is 31.1 Å². The van der Waals surface area contributed by atoms with Crippen LogP contribution in [-0.4, -0.2) is 36.8 Å². The molecule has 2 rings (SSSR count). The second-order valence-corrected chi connectivity index (χ2v) is 7.42. The fourth-order valence-corrected chi connectivity index (χ4v) is 4.50. The maximum Gasteiger partial charge on any atom is 0.0469 e. The first-order valence-electron chi connectivity index (χ1n) is 7.01. The zero-order chi connectivity index (χ0) is 12.3. The minimum atomic E-state index is 0.463. The topological polar surface area (TPSA) is 21.3 Å². The van der Waals surface area contributed by atoms with E-state index in [1.165, 1.54) is 30.8 Å². The molecule has 2 heterocycles. The van der Waals surface area contributed by atoms with Gasteiger partial charge in [-0.1, -0.05) is 13.8 Å². The Kier molecular flexibility index (Phi) is 4.79. The molecule has 3 heteroatoms. The molecule has 2 fully saturated rings. The van der Waals surface area contributed by atoms with E-state index in [1.807, 2.05) is 0 Å². The van der Waals surface area contributed by atoms with Crippen molar-refractivity contribution < 1.29 is 4.74 Å². The number of hydrogen-bond acceptors (Lipinski definition) is 3. The summed E-state index contributed by atoms with van der Waals surface area (Å²) in [7, 11) is 0. The van der Waals surface area contributed by atoms with Crippen LogP contribution in [0.4, 0.5) is 0 Å². The number of thioether (sulfide) groups is 1. The Morgan fingerprint density at radius 2 is 2.00 bits per heavy atom. The molecule has 17 heavy (non-hydrogen) atoms. The Bertz CT molecular complexity index is 238. The summed E-state index contributed by atoms with van der Waals surface area (Å²) >= 11 is 2.11. The summed E-state index contributed by atoms with van der Waals surface area (Å²) in [4.78, 5) is 0. The third-order valence-corrected chi connectivity index (χ3v) is 5.62. The predicted molar refractivity (Wildman–Crippen MR) is 75.7 cm³/mol. The molecule has 0 bridgehead atoms. The van der Waals surface area contributed by atoms with Crippen molar-refractivity contribution in [2.24, 2.45) is 11.3 Å². The molecule has 1 N–H and O–H groups in total. The van der Waals surface area contributed by atoms with Gasteiger partial charge in [-0.3, -0.25) is 0 Å². The van der Waals surface area contributed by atoms with Crippen LogP contribution in [0, 0.1) is 11.3 Å². The number of ether oxygens (including phenoxy) is 1. The van der Waals surface area contributed by atoms with E-state index in [4.69, 9.17) is 4.74 Å². The van der Waals surface area contributed by atoms with Crippen molar-refractivity contribution in [3.8, 4) is 0 Å². The highest BCUT2D eigenvalue weighted by molar-refractivity contribution is 7.99. The summed E-state index contributed by atoms with van der Waals surface area (Å²) in [6.45, 7) is 9.12. The lowest BCUT2D eigenvalue weighted by Gasteiger charge is -2.42. The quantitative estimate of drug-likeness (QED) is 0.840. The fraction of sp³-hybridized carbons (Fsp3) is 1.00. The van der Waals surface area contributed by atoms with Crippen molar-refractivity contribution in [2.45, 2.75) is 52.1 Å². The van der Waals surface area contributed by atoms with Gasteiger partial charge in [0.15, 0.2) is 0 Å². The molecule has 0 saturated carbocycles. The molecule has 2 atom stereocenters. The van der Waals surface area contributed by atoms with Gasteiger partial charge in [0.25, 0.3) is 0 Å². The Hall–Kier alpha value is 0.270. The monoisotopic (exact) mass is 257 g/mol. The van der Waals surface area contributed by atoms with E-state index >= 15 is 0 Å². The van der Waals surface area contributed by atoms with E-state index in [-0.39, 0.29) is 0 Å². The first-order chi connectivity index (χ1) is 8.09. The minimum absolute atomic E-state index is 0.463. The molecule has 0 aliphatic carbocycles. The van der Waals surface area contributed by atoms with Crippen LogP contribution < -0.4 is 5.32 Å². The zero-order valence-electron chi connectivity index (χ0n) is 11.5. The van der Waals surface area contributed by atoms with E-state index < -0.39 is 0 Å². The third kappa shape index (κ3) is 3.62. The predicted octanol–water partition coefficient (Wildman–Crippen LogP) is 2.92. The standard InChI is InChI=1S/C14H27NOS/c1-11(12-4-7-16-8-5-12)15-13-10-17-9-6-14(13,2)3/h11-13,15H,4-10H2,1-3H3. The number of nitrogens with one attached hydrogen (secondary N) is 1. The molecule has 0 aromatic heterocycles. The number of rotatable bonds is 3. The second-order valence-electron chi connectivity index (χ2n) is 6.27. The highest BCUT2D eigenvalue weighted by Gasteiger charge is 2.34. The maximum absolute atomic E-state index is 5.45. The Labute approximate surface area is 110 Å². The molecule has 0 amide bonds. The normalized spacial score (nSPS) is 32.3. The first kappa shape index (κ1) is 13.7. The fourth-order valence-electron chi connectivity index (χ4n) is 2.88. The molecule has 2 nitrogen and oxygen atoms in total. The van der Waals surface area contributed by atoms with E-state index in [9.17, 15) is 0 Å². The van der Waals surface area contributed by atoms with Crippen LogP contribution in [0.1, 0.15) is 40.0 Å². The van der Waals surface area contributed by atoms with Crippen molar-refractivity contribution in [1.82, 2.24) is 5.32 Å². The molecule has 0 aromatic rings. The average molecular weight is 257 g/mol. The summed E-state index contributed by atoms with van der Waals surface area (Å²) in [6, 6.07) is 1.32. The summed E-state index contributed by atoms with van der Waals surface area (Å²) in [5, 5.41) is 3.90. The molecule has 0 aromatic carbocycles. The average Bonchev–Trinajstić information content (AvgIpc) is 2.33. The van der Waals surface area contributed by atoms with Gasteiger partial charge in [0.1, 0.15) is 0 Å².